The van der Waals surface area contributed by atoms with Crippen LogP contribution in [0.1, 0.15) is 94.4 Å². The molecule has 2 N–H and O–H groups in total. The number of carbonyl (C=O) groups is 3. The van der Waals surface area contributed by atoms with Crippen molar-refractivity contribution in [2.45, 2.75) is 112 Å². The third-order valence-corrected chi connectivity index (χ3v) is 8.90. The maximum atomic E-state index is 13.2. The summed E-state index contributed by atoms with van der Waals surface area (Å²) >= 11 is 0. The zero-order chi connectivity index (χ0) is 28.3. The summed E-state index contributed by atoms with van der Waals surface area (Å²) in [4.78, 5) is 36.4. The molecule has 0 aromatic carbocycles. The molecule has 6 atom stereocenters. The molecule has 1 fully saturated rings. The van der Waals surface area contributed by atoms with Crippen LogP contribution in [0.3, 0.4) is 0 Å². The predicted molar refractivity (Wildman–Crippen MR) is 143 cm³/mol. The summed E-state index contributed by atoms with van der Waals surface area (Å²) in [5, 5.41) is 20.1. The predicted octanol–water partition coefficient (Wildman–Crippen LogP) is 5.77. The second-order valence-electron chi connectivity index (χ2n) is 12.3. The summed E-state index contributed by atoms with van der Waals surface area (Å²) in [6.45, 7) is 16.8. The zero-order valence-corrected chi connectivity index (χ0v) is 24.0. The van der Waals surface area contributed by atoms with Gasteiger partial charge in [0.05, 0.1) is 0 Å². The average molecular weight is 519 g/mol. The molecule has 0 aromatic rings. The van der Waals surface area contributed by atoms with E-state index in [2.05, 4.69) is 33.8 Å². The largest absolute Gasteiger partial charge is 0.478 e. The minimum Gasteiger partial charge on any atom is -0.478 e. The van der Waals surface area contributed by atoms with Gasteiger partial charge in [-0.3, -0.25) is 0 Å². The van der Waals surface area contributed by atoms with Gasteiger partial charge in [-0.25, -0.2) is 14.4 Å². The van der Waals surface area contributed by atoms with Crippen LogP contribution in [0.2, 0.25) is 0 Å². The third-order valence-electron chi connectivity index (χ3n) is 8.90. The highest BCUT2D eigenvalue weighted by atomic mass is 16.6. The summed E-state index contributed by atoms with van der Waals surface area (Å²) in [6.07, 6.45) is 7.46. The van der Waals surface area contributed by atoms with Gasteiger partial charge in [-0.15, -0.1) is 0 Å². The van der Waals surface area contributed by atoms with Crippen molar-refractivity contribution >= 4 is 17.9 Å². The zero-order valence-electron chi connectivity index (χ0n) is 24.0. The van der Waals surface area contributed by atoms with E-state index in [1.807, 2.05) is 6.92 Å². The van der Waals surface area contributed by atoms with Gasteiger partial charge < -0.3 is 19.7 Å². The van der Waals surface area contributed by atoms with E-state index in [4.69, 9.17) is 14.6 Å². The number of esters is 2. The maximum Gasteiger partial charge on any atom is 0.342 e. The molecule has 0 unspecified atom stereocenters. The van der Waals surface area contributed by atoms with E-state index in [9.17, 15) is 19.5 Å². The molecule has 0 aromatic heterocycles. The summed E-state index contributed by atoms with van der Waals surface area (Å²) in [7, 11) is 0. The van der Waals surface area contributed by atoms with E-state index in [0.717, 1.165) is 18.4 Å². The third kappa shape index (κ3) is 6.92. The molecule has 2 rings (SSSR count). The van der Waals surface area contributed by atoms with Crippen LogP contribution in [-0.2, 0) is 23.9 Å². The molecule has 1 saturated carbocycles. The summed E-state index contributed by atoms with van der Waals surface area (Å²) < 4.78 is 11.3. The number of aliphatic carboxylic acids is 1. The Morgan fingerprint density at radius 3 is 2.41 bits per heavy atom. The molecule has 208 valence electrons. The number of carboxylic acids is 1. The molecule has 0 saturated heterocycles. The van der Waals surface area contributed by atoms with Gasteiger partial charge in [0.25, 0.3) is 0 Å². The van der Waals surface area contributed by atoms with E-state index in [1.54, 1.807) is 19.9 Å². The molecule has 7 heteroatoms. The van der Waals surface area contributed by atoms with E-state index in [0.29, 0.717) is 30.8 Å². The lowest BCUT2D eigenvalue weighted by molar-refractivity contribution is -0.195. The molecule has 0 amide bonds. The van der Waals surface area contributed by atoms with E-state index in [-0.39, 0.29) is 16.7 Å². The second-order valence-corrected chi connectivity index (χ2v) is 12.3. The van der Waals surface area contributed by atoms with Gasteiger partial charge in [0.2, 0.25) is 0 Å². The monoisotopic (exact) mass is 518 g/mol. The van der Waals surface area contributed by atoms with E-state index < -0.39 is 35.7 Å². The van der Waals surface area contributed by atoms with Crippen LogP contribution in [0.15, 0.2) is 34.9 Å². The fourth-order valence-corrected chi connectivity index (χ4v) is 6.48. The molecular weight excluding hydrogens is 472 g/mol. The lowest BCUT2D eigenvalue weighted by Crippen LogP contribution is -2.55. The lowest BCUT2D eigenvalue weighted by Gasteiger charge is -2.58. The fraction of sp³-hybridized carbons (Fsp3) is 0.700. The van der Waals surface area contributed by atoms with Gasteiger partial charge in [-0.2, -0.15) is 0 Å². The molecule has 0 bridgehead atoms. The Morgan fingerprint density at radius 2 is 1.84 bits per heavy atom. The first-order valence-electron chi connectivity index (χ1n) is 13.3. The van der Waals surface area contributed by atoms with Crippen molar-refractivity contribution in [3.8, 4) is 0 Å². The Kier molecular flexibility index (Phi) is 9.61. The van der Waals surface area contributed by atoms with Crippen molar-refractivity contribution in [2.24, 2.45) is 22.7 Å². The van der Waals surface area contributed by atoms with Crippen LogP contribution in [0.5, 0.6) is 0 Å². The first-order chi connectivity index (χ1) is 17.0. The molecule has 7 nitrogen and oxygen atoms in total. The van der Waals surface area contributed by atoms with E-state index in [1.165, 1.54) is 25.5 Å². The quantitative estimate of drug-likeness (QED) is 0.227. The summed E-state index contributed by atoms with van der Waals surface area (Å²) in [5.74, 6) is -1.73. The second kappa shape index (κ2) is 11.5. The molecule has 0 radical (unpaired) electrons. The Bertz CT molecular complexity index is 984. The molecular formula is C30H46O7. The highest BCUT2D eigenvalue weighted by molar-refractivity contribution is 5.88. The van der Waals surface area contributed by atoms with Gasteiger partial charge in [-0.05, 0) is 96.3 Å². The number of ether oxygens (including phenoxy) is 2. The normalized spacial score (nSPS) is 30.3. The fourth-order valence-electron chi connectivity index (χ4n) is 6.48. The Balaban J connectivity index is 2.25. The molecule has 37 heavy (non-hydrogen) atoms. The van der Waals surface area contributed by atoms with Crippen molar-refractivity contribution in [1.82, 2.24) is 0 Å². The first-order valence-corrected chi connectivity index (χ1v) is 13.3. The molecule has 0 spiro atoms. The Labute approximate surface area is 222 Å². The van der Waals surface area contributed by atoms with Crippen LogP contribution in [-0.4, -0.2) is 45.9 Å². The molecule has 2 aliphatic rings. The number of carbonyl (C=O) groups excluding carboxylic acids is 2. The number of hydrogen-bond acceptors (Lipinski definition) is 6. The van der Waals surface area contributed by atoms with Gasteiger partial charge >= 0.3 is 17.9 Å². The maximum absolute atomic E-state index is 13.2. The van der Waals surface area contributed by atoms with Gasteiger partial charge in [0, 0.05) is 11.6 Å². The van der Waals surface area contributed by atoms with Gasteiger partial charge in [0.1, 0.15) is 12.2 Å². The molecule has 2 aliphatic carbocycles. The van der Waals surface area contributed by atoms with Gasteiger partial charge in [0.15, 0.2) is 5.60 Å². The Morgan fingerprint density at radius 1 is 1.22 bits per heavy atom. The number of hydrogen-bond donors (Lipinski definition) is 2. The summed E-state index contributed by atoms with van der Waals surface area (Å²) in [5.41, 5.74) is 0.234. The SMILES string of the molecule is C/C=C(/C)C(=O)O[C@H](C)[C@](C)(O)C(=O)O[C@H]1CC(C)(C)[C@@H]2CC=C(C)[C@@H](CC/C(C)=C\C(=O)O)[C@@]2(C)C1. The topological polar surface area (TPSA) is 110 Å². The van der Waals surface area contributed by atoms with E-state index >= 15 is 0 Å². The number of aliphatic hydroxyl groups is 1. The molecule has 0 heterocycles. The Hall–Kier alpha value is -2.41. The minimum absolute atomic E-state index is 0.119. The van der Waals surface area contributed by atoms with Crippen LogP contribution in [0.25, 0.3) is 0 Å². The van der Waals surface area contributed by atoms with Crippen molar-refractivity contribution in [2.75, 3.05) is 0 Å². The summed E-state index contributed by atoms with van der Waals surface area (Å²) in [6, 6.07) is 0. The average Bonchev–Trinajstić information content (AvgIpc) is 2.76. The highest BCUT2D eigenvalue weighted by Gasteiger charge is 2.55. The van der Waals surface area contributed by atoms with Crippen molar-refractivity contribution in [3.63, 3.8) is 0 Å². The number of allylic oxidation sites excluding steroid dienone is 4. The van der Waals surface area contributed by atoms with Crippen LogP contribution < -0.4 is 0 Å². The van der Waals surface area contributed by atoms with Crippen LogP contribution in [0.4, 0.5) is 0 Å². The molecule has 0 aliphatic heterocycles. The van der Waals surface area contributed by atoms with Crippen molar-refractivity contribution in [1.29, 1.82) is 0 Å². The standard InChI is InChI=1S/C30H46O7/c1-10-19(3)26(33)36-21(5)30(9,35)27(34)37-22-16-28(6,7)24-14-12-20(4)23(29(24,8)17-22)13-11-18(2)15-25(31)32/h10,12,15,21-24,35H,11,13-14,16-17H2,1-9H3,(H,31,32)/b18-15-,19-10-/t21-,22+,23-,24+,29-,30+/m1/s1. The van der Waals surface area contributed by atoms with Crippen LogP contribution in [0, 0.1) is 22.7 Å². The van der Waals surface area contributed by atoms with Crippen molar-refractivity contribution < 1.29 is 34.1 Å². The smallest absolute Gasteiger partial charge is 0.342 e. The number of rotatable bonds is 9. The van der Waals surface area contributed by atoms with Crippen LogP contribution >= 0.6 is 0 Å². The first kappa shape index (κ1) is 30.8. The minimum atomic E-state index is -1.99. The number of carboxylic acid groups (broad SMARTS) is 1. The lowest BCUT2D eigenvalue weighted by atomic mass is 9.47. The van der Waals surface area contributed by atoms with Crippen molar-refractivity contribution in [3.05, 3.63) is 34.9 Å². The number of fused-ring (bicyclic) bond motifs is 1. The highest BCUT2D eigenvalue weighted by Crippen LogP contribution is 2.61. The van der Waals surface area contributed by atoms with Gasteiger partial charge in [-0.1, -0.05) is 44.1 Å².